The van der Waals surface area contributed by atoms with E-state index < -0.39 is 0 Å². The Kier molecular flexibility index (Phi) is 3.44. The normalized spacial score (nSPS) is 39.8. The predicted octanol–water partition coefficient (Wildman–Crippen LogP) is 3.50. The van der Waals surface area contributed by atoms with Gasteiger partial charge in [-0.3, -0.25) is 0 Å². The van der Waals surface area contributed by atoms with E-state index in [1.807, 2.05) is 0 Å². The molecule has 0 amide bonds. The summed E-state index contributed by atoms with van der Waals surface area (Å²) in [5.41, 5.74) is 0.382. The standard InChI is InChI=1S/C16H29NO/c1-13(2)14-6-5-9-16(10-14)12-17-11-15(18-16)7-3-4-8-15/h13-14,17H,3-12H2,1-2H3. The maximum absolute atomic E-state index is 6.78. The van der Waals surface area contributed by atoms with E-state index in [9.17, 15) is 0 Å². The van der Waals surface area contributed by atoms with Gasteiger partial charge in [-0.05, 0) is 43.9 Å². The highest BCUT2D eigenvalue weighted by atomic mass is 16.5. The number of nitrogens with one attached hydrogen (secondary N) is 1. The first-order valence-corrected chi connectivity index (χ1v) is 8.04. The zero-order chi connectivity index (χ0) is 12.6. The van der Waals surface area contributed by atoms with Crippen molar-refractivity contribution in [3.8, 4) is 0 Å². The van der Waals surface area contributed by atoms with E-state index in [4.69, 9.17) is 4.74 Å². The van der Waals surface area contributed by atoms with Gasteiger partial charge in [0.1, 0.15) is 0 Å². The summed E-state index contributed by atoms with van der Waals surface area (Å²) >= 11 is 0. The van der Waals surface area contributed by atoms with Crippen LogP contribution in [0.1, 0.15) is 65.2 Å². The molecule has 3 rings (SSSR count). The summed E-state index contributed by atoms with van der Waals surface area (Å²) in [6, 6.07) is 0. The third-order valence-electron chi connectivity index (χ3n) is 5.63. The largest absolute Gasteiger partial charge is 0.366 e. The quantitative estimate of drug-likeness (QED) is 0.770. The minimum absolute atomic E-state index is 0.176. The average molecular weight is 251 g/mol. The summed E-state index contributed by atoms with van der Waals surface area (Å²) in [6.07, 6.45) is 10.7. The molecule has 1 N–H and O–H groups in total. The van der Waals surface area contributed by atoms with Gasteiger partial charge in [-0.25, -0.2) is 0 Å². The summed E-state index contributed by atoms with van der Waals surface area (Å²) in [5, 5.41) is 3.71. The highest BCUT2D eigenvalue weighted by Crippen LogP contribution is 2.46. The lowest BCUT2D eigenvalue weighted by Gasteiger charge is -2.51. The van der Waals surface area contributed by atoms with E-state index in [1.54, 1.807) is 0 Å². The Morgan fingerprint density at radius 1 is 1.00 bits per heavy atom. The first kappa shape index (κ1) is 12.9. The molecule has 3 fully saturated rings. The fraction of sp³-hybridized carbons (Fsp3) is 1.00. The van der Waals surface area contributed by atoms with Gasteiger partial charge in [0.2, 0.25) is 0 Å². The van der Waals surface area contributed by atoms with Crippen molar-refractivity contribution in [2.45, 2.75) is 76.4 Å². The molecule has 104 valence electrons. The Labute approximate surface area is 112 Å². The lowest BCUT2D eigenvalue weighted by atomic mass is 9.72. The molecule has 2 aliphatic carbocycles. The predicted molar refractivity (Wildman–Crippen MR) is 74.7 cm³/mol. The van der Waals surface area contributed by atoms with Crippen molar-refractivity contribution in [2.75, 3.05) is 13.1 Å². The van der Waals surface area contributed by atoms with Gasteiger partial charge in [-0.1, -0.05) is 33.1 Å². The molecular weight excluding hydrogens is 222 g/mol. The summed E-state index contributed by atoms with van der Waals surface area (Å²) in [5.74, 6) is 1.68. The number of ether oxygens (including phenoxy) is 1. The topological polar surface area (TPSA) is 21.3 Å². The third kappa shape index (κ3) is 2.34. The highest BCUT2D eigenvalue weighted by molar-refractivity contribution is 5.01. The lowest BCUT2D eigenvalue weighted by molar-refractivity contribution is -0.196. The molecule has 1 aliphatic heterocycles. The SMILES string of the molecule is CC(C)C1CCCC2(CNCC3(CCCC3)O2)C1. The minimum atomic E-state index is 0.176. The van der Waals surface area contributed by atoms with Crippen LogP contribution in [0.3, 0.4) is 0 Å². The fourth-order valence-corrected chi connectivity index (χ4v) is 4.54. The van der Waals surface area contributed by atoms with Crippen LogP contribution in [0.25, 0.3) is 0 Å². The molecule has 2 atom stereocenters. The second kappa shape index (κ2) is 4.79. The Morgan fingerprint density at radius 3 is 2.39 bits per heavy atom. The Morgan fingerprint density at radius 2 is 1.67 bits per heavy atom. The smallest absolute Gasteiger partial charge is 0.0817 e. The van der Waals surface area contributed by atoms with Crippen molar-refractivity contribution < 1.29 is 4.74 Å². The number of hydrogen-bond acceptors (Lipinski definition) is 2. The minimum Gasteiger partial charge on any atom is -0.366 e. The lowest BCUT2D eigenvalue weighted by Crippen LogP contribution is -2.61. The van der Waals surface area contributed by atoms with Gasteiger partial charge in [-0.2, -0.15) is 0 Å². The first-order valence-electron chi connectivity index (χ1n) is 8.04. The van der Waals surface area contributed by atoms with Crippen molar-refractivity contribution in [2.24, 2.45) is 11.8 Å². The fourth-order valence-electron chi connectivity index (χ4n) is 4.54. The number of morpholine rings is 1. The zero-order valence-electron chi connectivity index (χ0n) is 12.1. The molecule has 1 heterocycles. The molecule has 1 saturated heterocycles. The monoisotopic (exact) mass is 251 g/mol. The second-order valence-electron chi connectivity index (χ2n) is 7.38. The van der Waals surface area contributed by atoms with Gasteiger partial charge in [-0.15, -0.1) is 0 Å². The molecule has 2 heteroatoms. The number of rotatable bonds is 1. The van der Waals surface area contributed by atoms with Crippen LogP contribution in [0.5, 0.6) is 0 Å². The molecule has 0 bridgehead atoms. The summed E-state index contributed by atoms with van der Waals surface area (Å²) < 4.78 is 6.78. The van der Waals surface area contributed by atoms with E-state index in [2.05, 4.69) is 19.2 Å². The van der Waals surface area contributed by atoms with Crippen molar-refractivity contribution in [3.05, 3.63) is 0 Å². The highest BCUT2D eigenvalue weighted by Gasteiger charge is 2.48. The Bertz CT molecular complexity index is 291. The molecule has 0 radical (unpaired) electrons. The molecule has 18 heavy (non-hydrogen) atoms. The van der Waals surface area contributed by atoms with Gasteiger partial charge in [0.05, 0.1) is 11.2 Å². The van der Waals surface area contributed by atoms with Crippen molar-refractivity contribution in [1.82, 2.24) is 5.32 Å². The molecule has 2 saturated carbocycles. The van der Waals surface area contributed by atoms with E-state index in [0.29, 0.717) is 0 Å². The Hall–Kier alpha value is -0.0800. The molecule has 2 unspecified atom stereocenters. The molecule has 0 aromatic rings. The van der Waals surface area contributed by atoms with Crippen LogP contribution < -0.4 is 5.32 Å². The molecule has 0 aromatic heterocycles. The van der Waals surface area contributed by atoms with Gasteiger partial charge in [0, 0.05) is 13.1 Å². The van der Waals surface area contributed by atoms with Crippen LogP contribution in [0.15, 0.2) is 0 Å². The maximum Gasteiger partial charge on any atom is 0.0817 e. The third-order valence-corrected chi connectivity index (χ3v) is 5.63. The average Bonchev–Trinajstić information content (AvgIpc) is 2.77. The van der Waals surface area contributed by atoms with Crippen molar-refractivity contribution in [3.63, 3.8) is 0 Å². The summed E-state index contributed by atoms with van der Waals surface area (Å²) in [7, 11) is 0. The maximum atomic E-state index is 6.78. The van der Waals surface area contributed by atoms with E-state index in [-0.39, 0.29) is 11.2 Å². The van der Waals surface area contributed by atoms with Crippen molar-refractivity contribution in [1.29, 1.82) is 0 Å². The van der Waals surface area contributed by atoms with E-state index in [0.717, 1.165) is 24.9 Å². The first-order chi connectivity index (χ1) is 8.63. The van der Waals surface area contributed by atoms with Gasteiger partial charge >= 0.3 is 0 Å². The van der Waals surface area contributed by atoms with Crippen LogP contribution in [0, 0.1) is 11.8 Å². The van der Waals surface area contributed by atoms with E-state index in [1.165, 1.54) is 51.4 Å². The van der Waals surface area contributed by atoms with Gasteiger partial charge in [0.25, 0.3) is 0 Å². The van der Waals surface area contributed by atoms with Crippen LogP contribution in [0.4, 0.5) is 0 Å². The molecule has 0 aromatic carbocycles. The van der Waals surface area contributed by atoms with Crippen LogP contribution in [0.2, 0.25) is 0 Å². The molecule has 3 aliphatic rings. The van der Waals surface area contributed by atoms with Crippen LogP contribution in [-0.4, -0.2) is 24.3 Å². The van der Waals surface area contributed by atoms with Crippen LogP contribution in [-0.2, 0) is 4.74 Å². The van der Waals surface area contributed by atoms with E-state index >= 15 is 0 Å². The zero-order valence-corrected chi connectivity index (χ0v) is 12.1. The van der Waals surface area contributed by atoms with Gasteiger partial charge < -0.3 is 10.1 Å². The van der Waals surface area contributed by atoms with Crippen molar-refractivity contribution >= 4 is 0 Å². The summed E-state index contributed by atoms with van der Waals surface area (Å²) in [6.45, 7) is 6.95. The molecule has 2 nitrogen and oxygen atoms in total. The van der Waals surface area contributed by atoms with Crippen LogP contribution >= 0.6 is 0 Å². The molecular formula is C16H29NO. The Balaban J connectivity index is 1.73. The molecule has 2 spiro atoms. The summed E-state index contributed by atoms with van der Waals surface area (Å²) in [4.78, 5) is 0. The second-order valence-corrected chi connectivity index (χ2v) is 7.38. The number of hydrogen-bond donors (Lipinski definition) is 1. The van der Waals surface area contributed by atoms with Gasteiger partial charge in [0.15, 0.2) is 0 Å².